The van der Waals surface area contributed by atoms with Crippen LogP contribution in [0.2, 0.25) is 0 Å². The summed E-state index contributed by atoms with van der Waals surface area (Å²) in [6, 6.07) is 5.74. The summed E-state index contributed by atoms with van der Waals surface area (Å²) >= 11 is 0. The van der Waals surface area contributed by atoms with Gasteiger partial charge in [0, 0.05) is 68.7 Å². The van der Waals surface area contributed by atoms with Crippen LogP contribution in [0.4, 0.5) is 26.2 Å². The molecule has 2 aliphatic heterocycles. The number of benzene rings is 1. The number of hydrogen-bond acceptors (Lipinski definition) is 8. The Morgan fingerprint density at radius 1 is 1.08 bits per heavy atom. The molecule has 2 saturated heterocycles. The third kappa shape index (κ3) is 5.48. The van der Waals surface area contributed by atoms with Gasteiger partial charge in [0.2, 0.25) is 5.95 Å². The molecule has 11 heteroatoms. The molecule has 4 heterocycles. The van der Waals surface area contributed by atoms with Crippen molar-refractivity contribution in [3.8, 4) is 5.82 Å². The molecule has 0 amide bonds. The van der Waals surface area contributed by atoms with E-state index < -0.39 is 17.2 Å². The second kappa shape index (κ2) is 10.3. The SMILES string of the molecule is CCc1c(C=CCN2CCN(c3cc(F)cc(F)c3)CC2C)cnn1-c1cc(N2CC(C)(O)C2)nc(N)n1. The van der Waals surface area contributed by atoms with Crippen LogP contribution in [0.3, 0.4) is 0 Å². The molecule has 2 fully saturated rings. The molecule has 2 aromatic heterocycles. The minimum Gasteiger partial charge on any atom is -0.386 e. The Kier molecular flexibility index (Phi) is 7.06. The van der Waals surface area contributed by atoms with Crippen LogP contribution in [0.1, 0.15) is 32.0 Å². The lowest BCUT2D eigenvalue weighted by Crippen LogP contribution is -2.60. The van der Waals surface area contributed by atoms with Crippen LogP contribution in [0.5, 0.6) is 0 Å². The van der Waals surface area contributed by atoms with Gasteiger partial charge in [-0.15, -0.1) is 0 Å². The number of nitrogens with two attached hydrogens (primary N) is 1. The van der Waals surface area contributed by atoms with E-state index in [4.69, 9.17) is 5.73 Å². The van der Waals surface area contributed by atoms with Gasteiger partial charge in [-0.3, -0.25) is 4.90 Å². The monoisotopic (exact) mass is 524 g/mol. The third-order valence-electron chi connectivity index (χ3n) is 7.17. The maximum Gasteiger partial charge on any atom is 0.224 e. The number of nitrogen functional groups attached to an aromatic ring is 1. The Morgan fingerprint density at radius 3 is 2.45 bits per heavy atom. The minimum absolute atomic E-state index is 0.160. The van der Waals surface area contributed by atoms with Gasteiger partial charge in [-0.25, -0.2) is 13.5 Å². The number of β-amino-alcohol motifs (C(OH)–C–C–N with tert-alkyl or cyclic N) is 1. The van der Waals surface area contributed by atoms with E-state index in [1.54, 1.807) is 11.6 Å². The highest BCUT2D eigenvalue weighted by Crippen LogP contribution is 2.28. The lowest BCUT2D eigenvalue weighted by atomic mass is 9.97. The highest BCUT2D eigenvalue weighted by Gasteiger charge is 2.37. The number of aliphatic hydroxyl groups is 1. The zero-order valence-corrected chi connectivity index (χ0v) is 22.0. The number of aromatic nitrogens is 4. The summed E-state index contributed by atoms with van der Waals surface area (Å²) in [5, 5.41) is 14.7. The fourth-order valence-electron chi connectivity index (χ4n) is 5.26. The molecule has 3 aromatic rings. The Morgan fingerprint density at radius 2 is 1.79 bits per heavy atom. The molecule has 1 unspecified atom stereocenters. The Balaban J connectivity index is 1.25. The topological polar surface area (TPSA) is 99.6 Å². The lowest BCUT2D eigenvalue weighted by Gasteiger charge is -2.44. The average Bonchev–Trinajstić information content (AvgIpc) is 3.25. The minimum atomic E-state index is -0.723. The van der Waals surface area contributed by atoms with Crippen molar-refractivity contribution in [2.75, 3.05) is 54.8 Å². The molecule has 2 aliphatic rings. The van der Waals surface area contributed by atoms with Gasteiger partial charge in [0.1, 0.15) is 17.5 Å². The number of piperazine rings is 1. The van der Waals surface area contributed by atoms with E-state index in [-0.39, 0.29) is 12.0 Å². The fraction of sp³-hybridized carbons (Fsp3) is 0.444. The maximum atomic E-state index is 13.7. The zero-order chi connectivity index (χ0) is 27.0. The third-order valence-corrected chi connectivity index (χ3v) is 7.17. The number of halogens is 2. The van der Waals surface area contributed by atoms with Crippen LogP contribution < -0.4 is 15.5 Å². The maximum absolute atomic E-state index is 13.7. The van der Waals surface area contributed by atoms with E-state index in [1.807, 2.05) is 22.1 Å². The van der Waals surface area contributed by atoms with Crippen LogP contribution in [-0.2, 0) is 6.42 Å². The van der Waals surface area contributed by atoms with E-state index in [0.717, 1.165) is 36.8 Å². The van der Waals surface area contributed by atoms with Crippen molar-refractivity contribution in [3.63, 3.8) is 0 Å². The van der Waals surface area contributed by atoms with Crippen LogP contribution >= 0.6 is 0 Å². The van der Waals surface area contributed by atoms with E-state index >= 15 is 0 Å². The van der Waals surface area contributed by atoms with E-state index in [2.05, 4.69) is 46.0 Å². The fourth-order valence-corrected chi connectivity index (χ4v) is 5.26. The molecule has 1 atom stereocenters. The highest BCUT2D eigenvalue weighted by molar-refractivity contribution is 5.55. The number of hydrogen-bond donors (Lipinski definition) is 2. The summed E-state index contributed by atoms with van der Waals surface area (Å²) in [5.41, 5.74) is 7.87. The molecule has 1 aromatic carbocycles. The zero-order valence-electron chi connectivity index (χ0n) is 22.0. The lowest BCUT2D eigenvalue weighted by molar-refractivity contribution is 0.0305. The molecular weight excluding hydrogens is 490 g/mol. The molecule has 0 saturated carbocycles. The van der Waals surface area contributed by atoms with Gasteiger partial charge in [0.05, 0.1) is 17.5 Å². The molecule has 0 spiro atoms. The van der Waals surface area contributed by atoms with Crippen molar-refractivity contribution in [1.29, 1.82) is 0 Å². The molecule has 38 heavy (non-hydrogen) atoms. The van der Waals surface area contributed by atoms with Gasteiger partial charge in [0.25, 0.3) is 0 Å². The van der Waals surface area contributed by atoms with Crippen LogP contribution in [0, 0.1) is 11.6 Å². The molecule has 3 N–H and O–H groups in total. The van der Waals surface area contributed by atoms with Gasteiger partial charge in [0.15, 0.2) is 5.82 Å². The summed E-state index contributed by atoms with van der Waals surface area (Å²) in [4.78, 5) is 15.1. The van der Waals surface area contributed by atoms with Crippen molar-refractivity contribution in [3.05, 3.63) is 59.4 Å². The predicted octanol–water partition coefficient (Wildman–Crippen LogP) is 2.88. The Labute approximate surface area is 221 Å². The Hall–Kier alpha value is -3.57. The van der Waals surface area contributed by atoms with Crippen LogP contribution in [0.15, 0.2) is 36.5 Å². The summed E-state index contributed by atoms with van der Waals surface area (Å²) in [6.07, 6.45) is 6.76. The number of anilines is 3. The van der Waals surface area contributed by atoms with Gasteiger partial charge in [-0.05, 0) is 32.4 Å². The molecule has 9 nitrogen and oxygen atoms in total. The number of nitrogens with zero attached hydrogens (tertiary/aromatic N) is 7. The summed E-state index contributed by atoms with van der Waals surface area (Å²) in [6.45, 7) is 9.89. The molecule has 0 bridgehead atoms. The second-order valence-corrected chi connectivity index (χ2v) is 10.4. The molecule has 0 radical (unpaired) electrons. The standard InChI is InChI=1S/C27H34F2N8O/c1-4-23-19(14-31-37(23)25-13-24(32-26(30)33-25)36-16-27(3,38)17-36)6-5-7-34-8-9-35(15-18(34)2)22-11-20(28)10-21(29)12-22/h5-6,10-14,18,38H,4,7-9,15-17H2,1-3H3,(H2,30,32,33). The summed E-state index contributed by atoms with van der Waals surface area (Å²) < 4.78 is 29.1. The first-order valence-corrected chi connectivity index (χ1v) is 12.9. The molecular formula is C27H34F2N8O. The van der Waals surface area contributed by atoms with Gasteiger partial charge in [-0.1, -0.05) is 19.1 Å². The van der Waals surface area contributed by atoms with Crippen molar-refractivity contribution in [1.82, 2.24) is 24.6 Å². The van der Waals surface area contributed by atoms with E-state index in [0.29, 0.717) is 43.5 Å². The van der Waals surface area contributed by atoms with Gasteiger partial charge < -0.3 is 20.6 Å². The molecule has 202 valence electrons. The predicted molar refractivity (Wildman–Crippen MR) is 144 cm³/mol. The van der Waals surface area contributed by atoms with Crippen LogP contribution in [0.25, 0.3) is 11.9 Å². The largest absolute Gasteiger partial charge is 0.386 e. The summed E-state index contributed by atoms with van der Waals surface area (Å²) in [5.74, 6) is 0.310. The normalized spacial score (nSPS) is 19.8. The van der Waals surface area contributed by atoms with Gasteiger partial charge >= 0.3 is 0 Å². The first-order valence-electron chi connectivity index (χ1n) is 12.9. The van der Waals surface area contributed by atoms with E-state index in [1.165, 1.54) is 12.1 Å². The van der Waals surface area contributed by atoms with Crippen molar-refractivity contribution in [2.45, 2.75) is 38.8 Å². The van der Waals surface area contributed by atoms with Crippen molar-refractivity contribution < 1.29 is 13.9 Å². The first-order chi connectivity index (χ1) is 18.1. The quantitative estimate of drug-likeness (QED) is 0.487. The number of rotatable bonds is 7. The molecule has 5 rings (SSSR count). The average molecular weight is 525 g/mol. The van der Waals surface area contributed by atoms with Crippen LogP contribution in [-0.4, -0.2) is 80.7 Å². The smallest absolute Gasteiger partial charge is 0.224 e. The summed E-state index contributed by atoms with van der Waals surface area (Å²) in [7, 11) is 0. The first kappa shape index (κ1) is 26.1. The Bertz CT molecular complexity index is 1310. The molecule has 0 aliphatic carbocycles. The van der Waals surface area contributed by atoms with E-state index in [9.17, 15) is 13.9 Å². The highest BCUT2D eigenvalue weighted by atomic mass is 19.1. The van der Waals surface area contributed by atoms with Crippen molar-refractivity contribution in [2.24, 2.45) is 0 Å². The van der Waals surface area contributed by atoms with Crippen molar-refractivity contribution >= 4 is 23.5 Å². The second-order valence-electron chi connectivity index (χ2n) is 10.4. The van der Waals surface area contributed by atoms with Gasteiger partial charge in [-0.2, -0.15) is 15.1 Å².